The van der Waals surface area contributed by atoms with E-state index in [0.29, 0.717) is 30.6 Å². The predicted molar refractivity (Wildman–Crippen MR) is 88.0 cm³/mol. The Morgan fingerprint density at radius 2 is 2.05 bits per heavy atom. The minimum Gasteiger partial charge on any atom is -0.271 e. The van der Waals surface area contributed by atoms with E-state index in [9.17, 15) is 8.42 Å². The summed E-state index contributed by atoms with van der Waals surface area (Å²) in [7, 11) is -3.44. The molecule has 1 heterocycles. The van der Waals surface area contributed by atoms with E-state index in [1.54, 1.807) is 10.4 Å². The summed E-state index contributed by atoms with van der Waals surface area (Å²) in [5.41, 5.74) is 1.73. The maximum absolute atomic E-state index is 12.4. The van der Waals surface area contributed by atoms with E-state index in [2.05, 4.69) is 11.6 Å². The van der Waals surface area contributed by atoms with E-state index >= 15 is 0 Å². The van der Waals surface area contributed by atoms with Crippen molar-refractivity contribution >= 4 is 27.5 Å². The van der Waals surface area contributed by atoms with E-state index in [4.69, 9.17) is 11.6 Å². The molecule has 118 valence electrons. The molecule has 1 saturated heterocycles. The normalized spacial score (nSPS) is 17.8. The molecule has 21 heavy (non-hydrogen) atoms. The van der Waals surface area contributed by atoms with Gasteiger partial charge in [0.15, 0.2) is 0 Å². The zero-order valence-electron chi connectivity index (χ0n) is 12.4. The van der Waals surface area contributed by atoms with Crippen molar-refractivity contribution in [2.45, 2.75) is 32.6 Å². The summed E-state index contributed by atoms with van der Waals surface area (Å²) in [4.78, 5) is 0. The van der Waals surface area contributed by atoms with Gasteiger partial charge in [-0.05, 0) is 49.3 Å². The molecule has 1 fully saturated rings. The van der Waals surface area contributed by atoms with Crippen LogP contribution in [0.4, 0.5) is 5.69 Å². The number of alkyl halides is 1. The minimum atomic E-state index is -3.44. The van der Waals surface area contributed by atoms with Crippen molar-refractivity contribution in [3.8, 4) is 0 Å². The molecule has 0 bridgehead atoms. The van der Waals surface area contributed by atoms with Gasteiger partial charge in [-0.15, -0.1) is 11.6 Å². The summed E-state index contributed by atoms with van der Waals surface area (Å²) in [6.45, 7) is 3.36. The highest BCUT2D eigenvalue weighted by atomic mass is 35.5. The summed E-state index contributed by atoms with van der Waals surface area (Å²) >= 11 is 5.69. The smallest absolute Gasteiger partial charge is 0.271 e. The summed E-state index contributed by atoms with van der Waals surface area (Å²) < 4.78 is 29.0. The van der Waals surface area contributed by atoms with Gasteiger partial charge in [-0.3, -0.25) is 4.72 Å². The second-order valence-corrected chi connectivity index (χ2v) is 7.73. The van der Waals surface area contributed by atoms with Crippen molar-refractivity contribution in [2.24, 2.45) is 5.92 Å². The highest BCUT2D eigenvalue weighted by Crippen LogP contribution is 2.21. The van der Waals surface area contributed by atoms with Crippen LogP contribution in [-0.2, 0) is 16.6 Å². The summed E-state index contributed by atoms with van der Waals surface area (Å²) in [5.74, 6) is 1.22. The fourth-order valence-corrected chi connectivity index (χ4v) is 3.88. The number of rotatable bonds is 6. The number of nitrogens with zero attached hydrogens (tertiary/aromatic N) is 1. The van der Waals surface area contributed by atoms with E-state index in [1.807, 2.05) is 18.2 Å². The Bertz CT molecular complexity index is 555. The molecule has 1 aliphatic rings. The molecule has 0 amide bonds. The van der Waals surface area contributed by atoms with E-state index in [0.717, 1.165) is 31.2 Å². The second-order valence-electron chi connectivity index (χ2n) is 5.68. The average Bonchev–Trinajstić information content (AvgIpc) is 2.45. The Balaban J connectivity index is 2.02. The number of piperidine rings is 1. The molecule has 0 saturated carbocycles. The van der Waals surface area contributed by atoms with Gasteiger partial charge in [0.05, 0.1) is 5.69 Å². The first kappa shape index (κ1) is 16.6. The van der Waals surface area contributed by atoms with Crippen molar-refractivity contribution in [2.75, 3.05) is 23.7 Å². The van der Waals surface area contributed by atoms with Gasteiger partial charge in [0, 0.05) is 19.0 Å². The monoisotopic (exact) mass is 330 g/mol. The van der Waals surface area contributed by atoms with Crippen LogP contribution >= 0.6 is 11.6 Å². The van der Waals surface area contributed by atoms with E-state index in [-0.39, 0.29) is 0 Å². The Kier molecular flexibility index (Phi) is 5.90. The van der Waals surface area contributed by atoms with Gasteiger partial charge >= 0.3 is 10.2 Å². The van der Waals surface area contributed by atoms with Crippen molar-refractivity contribution < 1.29 is 8.42 Å². The number of anilines is 1. The summed E-state index contributed by atoms with van der Waals surface area (Å²) in [5, 5.41) is 0. The van der Waals surface area contributed by atoms with Gasteiger partial charge in [0.2, 0.25) is 0 Å². The van der Waals surface area contributed by atoms with Crippen LogP contribution in [0.5, 0.6) is 0 Å². The Morgan fingerprint density at radius 3 is 2.71 bits per heavy atom. The third-order valence-electron chi connectivity index (χ3n) is 3.86. The lowest BCUT2D eigenvalue weighted by molar-refractivity contribution is 0.289. The molecule has 0 atom stereocenters. The molecule has 0 radical (unpaired) electrons. The maximum Gasteiger partial charge on any atom is 0.301 e. The predicted octanol–water partition coefficient (Wildman–Crippen LogP) is 3.25. The van der Waals surface area contributed by atoms with Crippen molar-refractivity contribution in [3.05, 3.63) is 29.8 Å². The van der Waals surface area contributed by atoms with Gasteiger partial charge < -0.3 is 0 Å². The lowest BCUT2D eigenvalue weighted by Crippen LogP contribution is -2.41. The summed E-state index contributed by atoms with van der Waals surface area (Å²) in [6, 6.07) is 7.54. The number of hydrogen-bond donors (Lipinski definition) is 1. The highest BCUT2D eigenvalue weighted by Gasteiger charge is 2.26. The molecule has 1 aromatic rings. The van der Waals surface area contributed by atoms with Crippen LogP contribution in [0.2, 0.25) is 0 Å². The Hall–Kier alpha value is -0.780. The molecule has 1 aliphatic heterocycles. The highest BCUT2D eigenvalue weighted by molar-refractivity contribution is 7.90. The van der Waals surface area contributed by atoms with Crippen LogP contribution in [0.1, 0.15) is 31.7 Å². The van der Waals surface area contributed by atoms with Gasteiger partial charge in [-0.1, -0.05) is 19.1 Å². The topological polar surface area (TPSA) is 49.4 Å². The minimum absolute atomic E-state index is 0.600. The molecule has 1 N–H and O–H groups in total. The lowest BCUT2D eigenvalue weighted by Gasteiger charge is -2.29. The molecule has 4 nitrogen and oxygen atoms in total. The first-order valence-corrected chi connectivity index (χ1v) is 9.41. The second kappa shape index (κ2) is 7.47. The summed E-state index contributed by atoms with van der Waals surface area (Å²) in [6.07, 6.45) is 3.61. The fraction of sp³-hybridized carbons (Fsp3) is 0.600. The zero-order chi connectivity index (χ0) is 15.3. The van der Waals surface area contributed by atoms with Crippen molar-refractivity contribution in [1.29, 1.82) is 0 Å². The molecule has 6 heteroatoms. The SMILES string of the molecule is CC1CCN(S(=O)(=O)Nc2cccc(CCCCl)c2)CC1. The third kappa shape index (κ3) is 4.87. The number of nitrogens with one attached hydrogen (secondary N) is 1. The largest absolute Gasteiger partial charge is 0.301 e. The number of halogens is 1. The molecule has 1 aromatic carbocycles. The Morgan fingerprint density at radius 1 is 1.33 bits per heavy atom. The Labute approximate surface area is 132 Å². The van der Waals surface area contributed by atoms with Gasteiger partial charge in [0.1, 0.15) is 0 Å². The standard InChI is InChI=1S/C15H23ClN2O2S/c1-13-7-10-18(11-8-13)21(19,20)17-15-6-2-4-14(12-15)5-3-9-16/h2,4,6,12-13,17H,3,5,7-11H2,1H3. The van der Waals surface area contributed by atoms with Crippen LogP contribution in [0, 0.1) is 5.92 Å². The van der Waals surface area contributed by atoms with Crippen LogP contribution in [0.15, 0.2) is 24.3 Å². The quantitative estimate of drug-likeness (QED) is 0.814. The fourth-order valence-electron chi connectivity index (χ4n) is 2.50. The molecule has 0 aromatic heterocycles. The van der Waals surface area contributed by atoms with E-state index < -0.39 is 10.2 Å². The molecule has 2 rings (SSSR count). The number of benzene rings is 1. The first-order chi connectivity index (χ1) is 10.0. The molecule has 0 unspecified atom stereocenters. The zero-order valence-corrected chi connectivity index (χ0v) is 14.0. The third-order valence-corrected chi connectivity index (χ3v) is 5.66. The van der Waals surface area contributed by atoms with Crippen LogP contribution in [0.25, 0.3) is 0 Å². The number of hydrogen-bond acceptors (Lipinski definition) is 2. The van der Waals surface area contributed by atoms with Crippen molar-refractivity contribution in [3.63, 3.8) is 0 Å². The van der Waals surface area contributed by atoms with Gasteiger partial charge in [-0.25, -0.2) is 0 Å². The molecule has 0 aliphatic carbocycles. The molecular weight excluding hydrogens is 308 g/mol. The van der Waals surface area contributed by atoms with Crippen LogP contribution in [0.3, 0.4) is 0 Å². The van der Waals surface area contributed by atoms with Gasteiger partial charge in [0.25, 0.3) is 0 Å². The number of aryl methyl sites for hydroxylation is 1. The molecule has 0 spiro atoms. The van der Waals surface area contributed by atoms with Crippen LogP contribution in [-0.4, -0.2) is 31.7 Å². The van der Waals surface area contributed by atoms with Crippen LogP contribution < -0.4 is 4.72 Å². The van der Waals surface area contributed by atoms with Crippen molar-refractivity contribution in [1.82, 2.24) is 4.31 Å². The average molecular weight is 331 g/mol. The maximum atomic E-state index is 12.4. The van der Waals surface area contributed by atoms with E-state index in [1.165, 1.54) is 0 Å². The lowest BCUT2D eigenvalue weighted by atomic mass is 10.0. The van der Waals surface area contributed by atoms with Gasteiger partial charge in [-0.2, -0.15) is 12.7 Å². The molecular formula is C15H23ClN2O2S. The first-order valence-electron chi connectivity index (χ1n) is 7.44.